The maximum atomic E-state index is 13.5. The smallest absolute Gasteiger partial charge is 0.246 e. The predicted molar refractivity (Wildman–Crippen MR) is 86.1 cm³/mol. The van der Waals surface area contributed by atoms with Gasteiger partial charge in [0.15, 0.2) is 0 Å². The number of carbonyl (C=O) groups excluding carboxylic acids is 1. The van der Waals surface area contributed by atoms with Crippen molar-refractivity contribution in [3.63, 3.8) is 0 Å². The zero-order valence-corrected chi connectivity index (χ0v) is 13.2. The van der Waals surface area contributed by atoms with Crippen molar-refractivity contribution in [2.24, 2.45) is 0 Å². The lowest BCUT2D eigenvalue weighted by Gasteiger charge is -2.16. The van der Waals surface area contributed by atoms with Crippen LogP contribution < -0.4 is 15.4 Å². The van der Waals surface area contributed by atoms with Crippen molar-refractivity contribution >= 4 is 28.9 Å². The lowest BCUT2D eigenvalue weighted by Crippen LogP contribution is -2.32. The Kier molecular flexibility index (Phi) is 5.39. The second kappa shape index (κ2) is 7.28. The summed E-state index contributed by atoms with van der Waals surface area (Å²) in [6.07, 6.45) is 0. The van der Waals surface area contributed by atoms with E-state index in [1.54, 1.807) is 25.1 Å². The van der Waals surface area contributed by atoms with Crippen molar-refractivity contribution in [3.8, 4) is 5.75 Å². The summed E-state index contributed by atoms with van der Waals surface area (Å²) in [6.45, 7) is 1.61. The van der Waals surface area contributed by atoms with Gasteiger partial charge in [-0.25, -0.2) is 8.78 Å². The number of anilines is 2. The summed E-state index contributed by atoms with van der Waals surface area (Å²) in [7, 11) is 1.50. The van der Waals surface area contributed by atoms with E-state index in [9.17, 15) is 13.6 Å². The number of benzene rings is 2. The maximum absolute atomic E-state index is 13.5. The average Bonchev–Trinajstić information content (AvgIpc) is 2.50. The van der Waals surface area contributed by atoms with Crippen molar-refractivity contribution < 1.29 is 18.3 Å². The molecule has 0 aromatic heterocycles. The van der Waals surface area contributed by atoms with Crippen LogP contribution in [0.15, 0.2) is 36.4 Å². The van der Waals surface area contributed by atoms with E-state index < -0.39 is 23.6 Å². The molecule has 2 aromatic carbocycles. The van der Waals surface area contributed by atoms with Gasteiger partial charge in [0.2, 0.25) is 5.91 Å². The molecule has 122 valence electrons. The van der Waals surface area contributed by atoms with E-state index in [-0.39, 0.29) is 5.69 Å². The van der Waals surface area contributed by atoms with E-state index >= 15 is 0 Å². The Hall–Kier alpha value is -2.34. The molecule has 7 heteroatoms. The first-order valence-corrected chi connectivity index (χ1v) is 7.14. The average molecular weight is 341 g/mol. The molecule has 0 heterocycles. The zero-order valence-electron chi connectivity index (χ0n) is 12.5. The minimum atomic E-state index is -0.835. The summed E-state index contributed by atoms with van der Waals surface area (Å²) in [5.41, 5.74) is 0.524. The third-order valence-electron chi connectivity index (χ3n) is 3.12. The monoisotopic (exact) mass is 340 g/mol. The number of amides is 1. The maximum Gasteiger partial charge on any atom is 0.246 e. The highest BCUT2D eigenvalue weighted by atomic mass is 35.5. The number of hydrogen-bond acceptors (Lipinski definition) is 3. The van der Waals surface area contributed by atoms with Crippen LogP contribution in [0.4, 0.5) is 20.2 Å². The molecule has 0 radical (unpaired) electrons. The van der Waals surface area contributed by atoms with Gasteiger partial charge in [-0.15, -0.1) is 0 Å². The molecule has 0 saturated carbocycles. The van der Waals surface area contributed by atoms with Gasteiger partial charge < -0.3 is 15.4 Å². The van der Waals surface area contributed by atoms with Crippen molar-refractivity contribution in [3.05, 3.63) is 53.1 Å². The second-order valence-corrected chi connectivity index (χ2v) is 5.24. The molecule has 1 atom stereocenters. The van der Waals surface area contributed by atoms with Crippen LogP contribution in [-0.4, -0.2) is 19.1 Å². The summed E-state index contributed by atoms with van der Waals surface area (Å²) in [5.74, 6) is -1.50. The van der Waals surface area contributed by atoms with Gasteiger partial charge >= 0.3 is 0 Å². The molecule has 0 bridgehead atoms. The van der Waals surface area contributed by atoms with Crippen LogP contribution in [0.3, 0.4) is 0 Å². The van der Waals surface area contributed by atoms with Gasteiger partial charge in [0.05, 0.1) is 17.8 Å². The molecule has 1 unspecified atom stereocenters. The fourth-order valence-electron chi connectivity index (χ4n) is 1.90. The standard InChI is InChI=1S/C16H15ClF2N2O2/c1-9(20-11-4-6-15(23-2)12(17)8-11)16(22)21-14-5-3-10(18)7-13(14)19/h3-9,20H,1-2H3,(H,21,22). The van der Waals surface area contributed by atoms with E-state index in [1.165, 1.54) is 13.2 Å². The van der Waals surface area contributed by atoms with Gasteiger partial charge in [-0.3, -0.25) is 4.79 Å². The van der Waals surface area contributed by atoms with E-state index in [1.807, 2.05) is 0 Å². The Labute approximate surface area is 137 Å². The predicted octanol–water partition coefficient (Wildman–Crippen LogP) is 4.07. The first-order valence-electron chi connectivity index (χ1n) is 6.76. The number of hydrogen-bond donors (Lipinski definition) is 2. The highest BCUT2D eigenvalue weighted by molar-refractivity contribution is 6.32. The second-order valence-electron chi connectivity index (χ2n) is 4.83. The normalized spacial score (nSPS) is 11.7. The molecule has 0 spiro atoms. The minimum Gasteiger partial charge on any atom is -0.495 e. The quantitative estimate of drug-likeness (QED) is 0.862. The summed E-state index contributed by atoms with van der Waals surface area (Å²) in [6, 6.07) is 7.25. The first kappa shape index (κ1) is 17.0. The molecule has 2 N–H and O–H groups in total. The molecular weight excluding hydrogens is 326 g/mol. The summed E-state index contributed by atoms with van der Waals surface area (Å²) < 4.78 is 31.4. The molecule has 4 nitrogen and oxygen atoms in total. The fourth-order valence-corrected chi connectivity index (χ4v) is 2.16. The number of carbonyl (C=O) groups is 1. The van der Waals surface area contributed by atoms with Gasteiger partial charge in [-0.2, -0.15) is 0 Å². The molecule has 2 rings (SSSR count). The molecule has 23 heavy (non-hydrogen) atoms. The van der Waals surface area contributed by atoms with Crippen LogP contribution in [0.1, 0.15) is 6.92 Å². The Bertz CT molecular complexity index is 725. The van der Waals surface area contributed by atoms with Crippen molar-refractivity contribution in [2.45, 2.75) is 13.0 Å². The lowest BCUT2D eigenvalue weighted by molar-refractivity contribution is -0.116. The first-order chi connectivity index (χ1) is 10.9. The summed E-state index contributed by atoms with van der Waals surface area (Å²) in [4.78, 5) is 12.1. The van der Waals surface area contributed by atoms with Crippen LogP contribution in [0.25, 0.3) is 0 Å². The van der Waals surface area contributed by atoms with Crippen LogP contribution in [-0.2, 0) is 4.79 Å². The Morgan fingerprint density at radius 2 is 1.96 bits per heavy atom. The number of halogens is 3. The van der Waals surface area contributed by atoms with Gasteiger partial charge in [-0.05, 0) is 37.3 Å². The molecule has 0 aliphatic heterocycles. The largest absolute Gasteiger partial charge is 0.495 e. The van der Waals surface area contributed by atoms with Crippen LogP contribution in [0.2, 0.25) is 5.02 Å². The topological polar surface area (TPSA) is 50.4 Å². The Morgan fingerprint density at radius 3 is 2.57 bits per heavy atom. The SMILES string of the molecule is COc1ccc(NC(C)C(=O)Nc2ccc(F)cc2F)cc1Cl. The molecule has 0 aliphatic carbocycles. The van der Waals surface area contributed by atoms with Crippen molar-refractivity contribution in [1.29, 1.82) is 0 Å². The van der Waals surface area contributed by atoms with Crippen LogP contribution in [0, 0.1) is 11.6 Å². The van der Waals surface area contributed by atoms with Gasteiger partial charge in [0.1, 0.15) is 23.4 Å². The number of ether oxygens (including phenoxy) is 1. The van der Waals surface area contributed by atoms with Crippen molar-refractivity contribution in [2.75, 3.05) is 17.7 Å². The lowest BCUT2D eigenvalue weighted by atomic mass is 10.2. The van der Waals surface area contributed by atoms with E-state index in [0.717, 1.165) is 6.07 Å². The van der Waals surface area contributed by atoms with Gasteiger partial charge in [0, 0.05) is 11.8 Å². The molecule has 1 amide bonds. The third kappa shape index (κ3) is 4.32. The Morgan fingerprint density at radius 1 is 1.22 bits per heavy atom. The van der Waals surface area contributed by atoms with E-state index in [2.05, 4.69) is 10.6 Å². The highest BCUT2D eigenvalue weighted by Crippen LogP contribution is 2.27. The van der Waals surface area contributed by atoms with Gasteiger partial charge in [0.25, 0.3) is 0 Å². The molecule has 0 fully saturated rings. The number of methoxy groups -OCH3 is 1. The number of nitrogens with one attached hydrogen (secondary N) is 2. The van der Waals surface area contributed by atoms with Crippen LogP contribution in [0.5, 0.6) is 5.75 Å². The molecular formula is C16H15ClF2N2O2. The minimum absolute atomic E-state index is 0.0854. The zero-order chi connectivity index (χ0) is 17.0. The third-order valence-corrected chi connectivity index (χ3v) is 3.41. The number of rotatable bonds is 5. The Balaban J connectivity index is 2.03. The highest BCUT2D eigenvalue weighted by Gasteiger charge is 2.15. The van der Waals surface area contributed by atoms with E-state index in [4.69, 9.17) is 16.3 Å². The fraction of sp³-hybridized carbons (Fsp3) is 0.188. The molecule has 0 saturated heterocycles. The van der Waals surface area contributed by atoms with Crippen LogP contribution >= 0.6 is 11.6 Å². The summed E-state index contributed by atoms with van der Waals surface area (Å²) in [5, 5.41) is 5.73. The van der Waals surface area contributed by atoms with E-state index in [0.29, 0.717) is 22.5 Å². The molecule has 0 aliphatic rings. The van der Waals surface area contributed by atoms with Crippen molar-refractivity contribution in [1.82, 2.24) is 0 Å². The molecule has 2 aromatic rings. The summed E-state index contributed by atoms with van der Waals surface area (Å²) >= 11 is 6.01. The van der Waals surface area contributed by atoms with Gasteiger partial charge in [-0.1, -0.05) is 11.6 Å².